The van der Waals surface area contributed by atoms with Crippen LogP contribution < -0.4 is 26.2 Å². The highest BCUT2D eigenvalue weighted by molar-refractivity contribution is 6.15. The second-order valence-electron chi connectivity index (χ2n) is 7.12. The number of para-hydroxylation sites is 1. The molecule has 3 atom stereocenters. The van der Waals surface area contributed by atoms with E-state index in [1.54, 1.807) is 18.2 Å². The molecule has 11 heteroatoms. The van der Waals surface area contributed by atoms with Crippen molar-refractivity contribution in [2.24, 2.45) is 0 Å². The first kappa shape index (κ1) is 22.7. The van der Waals surface area contributed by atoms with E-state index in [0.29, 0.717) is 5.69 Å². The van der Waals surface area contributed by atoms with Crippen molar-refractivity contribution in [1.82, 2.24) is 16.0 Å². The van der Waals surface area contributed by atoms with Gasteiger partial charge in [-0.1, -0.05) is 18.2 Å². The molecule has 0 aromatic heterocycles. The van der Waals surface area contributed by atoms with Gasteiger partial charge in [0.1, 0.15) is 23.1 Å². The second-order valence-corrected chi connectivity index (χ2v) is 7.12. The highest BCUT2D eigenvalue weighted by Gasteiger charge is 2.45. The van der Waals surface area contributed by atoms with E-state index in [1.165, 1.54) is 38.2 Å². The highest BCUT2D eigenvalue weighted by Crippen LogP contribution is 2.16. The van der Waals surface area contributed by atoms with Crippen LogP contribution in [-0.4, -0.2) is 47.0 Å². The van der Waals surface area contributed by atoms with Crippen LogP contribution >= 0.6 is 0 Å². The fraction of sp³-hybridized carbons (Fsp3) is 0.421. The predicted molar refractivity (Wildman–Crippen MR) is 104 cm³/mol. The molecule has 4 N–H and O–H groups in total. The fourth-order valence-electron chi connectivity index (χ4n) is 2.87. The quantitative estimate of drug-likeness (QED) is 0.297. The number of carbonyl (C=O) groups is 5. The molecule has 4 amide bonds. The van der Waals surface area contributed by atoms with E-state index in [-0.39, 0.29) is 12.8 Å². The highest BCUT2D eigenvalue weighted by atomic mass is 16.3. The zero-order valence-corrected chi connectivity index (χ0v) is 16.9. The lowest BCUT2D eigenvalue weighted by Crippen LogP contribution is -2.82. The molecule has 2 rings (SSSR count). The van der Waals surface area contributed by atoms with E-state index in [0.717, 1.165) is 5.01 Å². The molecule has 1 aliphatic heterocycles. The Morgan fingerprint density at radius 3 is 2.30 bits per heavy atom. The van der Waals surface area contributed by atoms with Gasteiger partial charge in [-0.05, 0) is 37.9 Å². The summed E-state index contributed by atoms with van der Waals surface area (Å²) in [6, 6.07) is 5.87. The molecule has 1 aromatic rings. The number of ketones is 1. The summed E-state index contributed by atoms with van der Waals surface area (Å²) in [4.78, 5) is 72.3. The van der Waals surface area contributed by atoms with Crippen molar-refractivity contribution in [2.45, 2.75) is 51.2 Å². The molecule has 1 fully saturated rings. The second kappa shape index (κ2) is 9.25. The van der Waals surface area contributed by atoms with Crippen molar-refractivity contribution in [2.75, 3.05) is 5.01 Å². The number of amides is 4. The van der Waals surface area contributed by atoms with Crippen LogP contribution in [0.25, 0.3) is 0 Å². The van der Waals surface area contributed by atoms with Crippen LogP contribution in [0.5, 0.6) is 0 Å². The van der Waals surface area contributed by atoms with Crippen molar-refractivity contribution in [3.8, 4) is 0 Å². The van der Waals surface area contributed by atoms with Crippen molar-refractivity contribution >= 4 is 35.1 Å². The van der Waals surface area contributed by atoms with Crippen LogP contribution in [0.1, 0.15) is 33.6 Å². The zero-order chi connectivity index (χ0) is 22.5. The van der Waals surface area contributed by atoms with E-state index in [2.05, 4.69) is 16.0 Å². The van der Waals surface area contributed by atoms with Crippen molar-refractivity contribution in [3.63, 3.8) is 0 Å². The first-order valence-electron chi connectivity index (χ1n) is 9.32. The van der Waals surface area contributed by atoms with Crippen LogP contribution in [0.2, 0.25) is 0 Å². The fourth-order valence-corrected chi connectivity index (χ4v) is 2.87. The van der Waals surface area contributed by atoms with Gasteiger partial charge in [0.15, 0.2) is 11.3 Å². The molecule has 11 nitrogen and oxygen atoms in total. The SMILES string of the molecule is C[C@H](NC(=O)[C@]1(C)NC(=O)CCC1=O)C(=O)N[C@@H](C)C(=O)N([NH+]=O)c1ccccc1. The Morgan fingerprint density at radius 1 is 1.07 bits per heavy atom. The maximum atomic E-state index is 12.5. The normalized spacial score (nSPS) is 20.4. The van der Waals surface area contributed by atoms with Crippen molar-refractivity contribution < 1.29 is 29.3 Å². The summed E-state index contributed by atoms with van der Waals surface area (Å²) in [5.41, 5.74) is -1.47. The number of benzene rings is 1. The molecule has 0 aliphatic carbocycles. The number of hydrazine groups is 1. The number of hydrogen-bond acceptors (Lipinski definition) is 6. The molecule has 0 unspecified atom stereocenters. The maximum absolute atomic E-state index is 12.5. The van der Waals surface area contributed by atoms with Gasteiger partial charge in [0, 0.05) is 17.7 Å². The molecule has 0 bridgehead atoms. The summed E-state index contributed by atoms with van der Waals surface area (Å²) < 4.78 is 0. The summed E-state index contributed by atoms with van der Waals surface area (Å²) >= 11 is 0. The third kappa shape index (κ3) is 4.85. The van der Waals surface area contributed by atoms with E-state index in [4.69, 9.17) is 0 Å². The van der Waals surface area contributed by atoms with Crippen molar-refractivity contribution in [1.29, 1.82) is 0 Å². The lowest BCUT2D eigenvalue weighted by atomic mass is 9.88. The van der Waals surface area contributed by atoms with Gasteiger partial charge in [-0.2, -0.15) is 0 Å². The third-order valence-corrected chi connectivity index (χ3v) is 4.78. The number of anilines is 1. The third-order valence-electron chi connectivity index (χ3n) is 4.78. The lowest BCUT2D eigenvalue weighted by Gasteiger charge is -2.32. The first-order valence-corrected chi connectivity index (χ1v) is 9.32. The average molecular weight is 418 g/mol. The van der Waals surface area contributed by atoms with Gasteiger partial charge < -0.3 is 16.0 Å². The minimum Gasteiger partial charge on any atom is -0.343 e. The van der Waals surface area contributed by atoms with Gasteiger partial charge >= 0.3 is 5.91 Å². The van der Waals surface area contributed by atoms with Crippen LogP contribution in [-0.2, 0) is 24.0 Å². The van der Waals surface area contributed by atoms with Gasteiger partial charge in [-0.25, -0.2) is 0 Å². The average Bonchev–Trinajstić information content (AvgIpc) is 2.72. The molecular formula is C19H24N5O6+. The first-order chi connectivity index (χ1) is 14.1. The standard InChI is InChI=1S/C19H23N5O6/c1-11(21-18(29)19(3)14(25)9-10-15(26)22-19)16(27)20-12(2)17(28)24(23-30)13-7-5-4-6-8-13/h4-8,11-12H,9-10H2,1-3H3,(H,20,27)(H,21,29)(H,22,26)/p+1/t11-,12-,19+/m0/s1. The van der Waals surface area contributed by atoms with E-state index in [1.807, 2.05) is 0 Å². The molecule has 1 heterocycles. The van der Waals surface area contributed by atoms with E-state index >= 15 is 0 Å². The number of hydrogen-bond donors (Lipinski definition) is 4. The summed E-state index contributed by atoms with van der Waals surface area (Å²) in [5, 5.41) is 9.40. The monoisotopic (exact) mass is 418 g/mol. The largest absolute Gasteiger partial charge is 0.343 e. The van der Waals surface area contributed by atoms with Crippen LogP contribution in [0.4, 0.5) is 5.69 Å². The Kier molecular flexibility index (Phi) is 6.98. The zero-order valence-electron chi connectivity index (χ0n) is 16.9. The minimum atomic E-state index is -1.76. The smallest absolute Gasteiger partial charge is 0.309 e. The Bertz CT molecular complexity index is 873. The summed E-state index contributed by atoms with van der Waals surface area (Å²) in [6.45, 7) is 4.02. The molecule has 1 aromatic carbocycles. The number of rotatable bonds is 7. The van der Waals surface area contributed by atoms with Crippen molar-refractivity contribution in [3.05, 3.63) is 35.2 Å². The summed E-state index contributed by atoms with van der Waals surface area (Å²) in [7, 11) is 0. The van der Waals surface area contributed by atoms with Gasteiger partial charge in [0.25, 0.3) is 5.91 Å². The summed E-state index contributed by atoms with van der Waals surface area (Å²) in [6.07, 6.45) is -0.0670. The Balaban J connectivity index is 2.00. The molecule has 30 heavy (non-hydrogen) atoms. The number of nitrogens with one attached hydrogen (secondary N) is 4. The summed E-state index contributed by atoms with van der Waals surface area (Å²) in [5.74, 6) is -3.15. The number of carbonyl (C=O) groups excluding carboxylic acids is 5. The number of piperidine rings is 1. The van der Waals surface area contributed by atoms with Gasteiger partial charge in [-0.3, -0.25) is 24.0 Å². The van der Waals surface area contributed by atoms with Crippen LogP contribution in [0.15, 0.2) is 30.3 Å². The molecule has 0 spiro atoms. The maximum Gasteiger partial charge on any atom is 0.309 e. The molecule has 0 radical (unpaired) electrons. The Labute approximate surface area is 172 Å². The van der Waals surface area contributed by atoms with Gasteiger partial charge in [-0.15, -0.1) is 0 Å². The van der Waals surface area contributed by atoms with Gasteiger partial charge in [0.2, 0.25) is 11.8 Å². The minimum absolute atomic E-state index is 0.00301. The van der Waals surface area contributed by atoms with Gasteiger partial charge in [0.05, 0.1) is 0 Å². The number of nitroso groups, excluding NO2 is 1. The number of nitrogens with zero attached hydrogens (tertiary/aromatic N) is 1. The van der Waals surface area contributed by atoms with Crippen LogP contribution in [0.3, 0.4) is 0 Å². The molecular weight excluding hydrogens is 394 g/mol. The van der Waals surface area contributed by atoms with E-state index < -0.39 is 47.0 Å². The Hall–Kier alpha value is -3.63. The topological polar surface area (TPSA) is 156 Å². The molecule has 0 saturated carbocycles. The molecule has 1 saturated heterocycles. The molecule has 1 aliphatic rings. The van der Waals surface area contributed by atoms with E-state index in [9.17, 15) is 28.9 Å². The number of Topliss-reactive ketones (excluding diaryl/α,β-unsaturated/α-hetero) is 1. The predicted octanol–water partition coefficient (Wildman–Crippen LogP) is -1.97. The van der Waals surface area contributed by atoms with Crippen LogP contribution in [0, 0.1) is 4.91 Å². The molecule has 160 valence electrons. The lowest BCUT2D eigenvalue weighted by molar-refractivity contribution is -0.484. The Morgan fingerprint density at radius 2 is 1.70 bits per heavy atom.